The molecule has 0 aliphatic carbocycles. The van der Waals surface area contributed by atoms with Gasteiger partial charge in [0.1, 0.15) is 6.54 Å². The maximum absolute atomic E-state index is 12.3. The maximum atomic E-state index is 12.3. The second-order valence-corrected chi connectivity index (χ2v) is 4.16. The van der Waals surface area contributed by atoms with Crippen molar-refractivity contribution in [1.82, 2.24) is 4.90 Å². The van der Waals surface area contributed by atoms with E-state index in [4.69, 9.17) is 16.7 Å². The van der Waals surface area contributed by atoms with Gasteiger partial charge in [-0.3, -0.25) is 4.79 Å². The number of hydrogen-bond acceptors (Lipinski definition) is 2. The lowest BCUT2D eigenvalue weighted by molar-refractivity contribution is -0.141. The Kier molecular flexibility index (Phi) is 5.62. The number of hydrogen-bond donors (Lipinski definition) is 1. The molecule has 1 amide bonds. The van der Waals surface area contributed by atoms with Crippen LogP contribution < -0.4 is 0 Å². The molecule has 0 aliphatic rings. The van der Waals surface area contributed by atoms with E-state index in [1.165, 1.54) is 12.1 Å². The van der Waals surface area contributed by atoms with Crippen LogP contribution in [0, 0.1) is 0 Å². The molecule has 0 spiro atoms. The standard InChI is InChI=1S/C12H13ClF3NO2/c13-7-9-1-3-10(4-2-9)11(19)17(5-6-18)8-12(14,15)16/h1-4,18H,5-8H2. The second-order valence-electron chi connectivity index (χ2n) is 3.90. The van der Waals surface area contributed by atoms with Crippen LogP contribution in [0.5, 0.6) is 0 Å². The number of benzene rings is 1. The molecule has 0 unspecified atom stereocenters. The van der Waals surface area contributed by atoms with Crippen LogP contribution in [0.3, 0.4) is 0 Å². The van der Waals surface area contributed by atoms with Gasteiger partial charge in [0, 0.05) is 18.0 Å². The molecule has 0 saturated carbocycles. The van der Waals surface area contributed by atoms with E-state index in [0.29, 0.717) is 4.90 Å². The van der Waals surface area contributed by atoms with Crippen LogP contribution >= 0.6 is 11.6 Å². The molecule has 1 N–H and O–H groups in total. The first kappa shape index (κ1) is 15.8. The van der Waals surface area contributed by atoms with E-state index in [1.54, 1.807) is 12.1 Å². The summed E-state index contributed by atoms with van der Waals surface area (Å²) in [5.41, 5.74) is 0.898. The van der Waals surface area contributed by atoms with E-state index >= 15 is 0 Å². The molecule has 0 bridgehead atoms. The summed E-state index contributed by atoms with van der Waals surface area (Å²) in [7, 11) is 0. The summed E-state index contributed by atoms with van der Waals surface area (Å²) in [5, 5.41) is 8.73. The number of halogens is 4. The largest absolute Gasteiger partial charge is 0.406 e. The number of amides is 1. The van der Waals surface area contributed by atoms with Crippen LogP contribution in [0.1, 0.15) is 15.9 Å². The molecular weight excluding hydrogens is 283 g/mol. The smallest absolute Gasteiger partial charge is 0.395 e. The minimum atomic E-state index is -4.50. The van der Waals surface area contributed by atoms with Gasteiger partial charge in [-0.2, -0.15) is 13.2 Å². The lowest BCUT2D eigenvalue weighted by atomic mass is 10.1. The first-order chi connectivity index (χ1) is 8.87. The lowest BCUT2D eigenvalue weighted by Crippen LogP contribution is -2.40. The molecule has 0 fully saturated rings. The van der Waals surface area contributed by atoms with E-state index in [9.17, 15) is 18.0 Å². The van der Waals surface area contributed by atoms with Crippen LogP contribution in [-0.2, 0) is 5.88 Å². The molecule has 1 aromatic carbocycles. The predicted octanol–water partition coefficient (Wildman–Crippen LogP) is 2.42. The molecule has 1 rings (SSSR count). The van der Waals surface area contributed by atoms with Gasteiger partial charge in [0.15, 0.2) is 0 Å². The Morgan fingerprint density at radius 2 is 1.84 bits per heavy atom. The van der Waals surface area contributed by atoms with E-state index in [-0.39, 0.29) is 18.0 Å². The Labute approximate surface area is 113 Å². The van der Waals surface area contributed by atoms with Gasteiger partial charge in [-0.1, -0.05) is 12.1 Å². The number of alkyl halides is 4. The van der Waals surface area contributed by atoms with Gasteiger partial charge in [0.05, 0.1) is 6.61 Å². The quantitative estimate of drug-likeness (QED) is 0.848. The van der Waals surface area contributed by atoms with E-state index < -0.39 is 25.2 Å². The van der Waals surface area contributed by atoms with Crippen LogP contribution in [0.4, 0.5) is 13.2 Å². The minimum absolute atomic E-state index is 0.131. The highest BCUT2D eigenvalue weighted by Gasteiger charge is 2.33. The van der Waals surface area contributed by atoms with Gasteiger partial charge in [0.25, 0.3) is 5.91 Å². The van der Waals surface area contributed by atoms with Gasteiger partial charge in [-0.25, -0.2) is 0 Å². The number of carbonyl (C=O) groups excluding carboxylic acids is 1. The highest BCUT2D eigenvalue weighted by Crippen LogP contribution is 2.18. The zero-order chi connectivity index (χ0) is 14.5. The molecule has 19 heavy (non-hydrogen) atoms. The molecule has 0 atom stereocenters. The number of carbonyl (C=O) groups is 1. The number of aliphatic hydroxyl groups excluding tert-OH is 1. The fourth-order valence-electron chi connectivity index (χ4n) is 1.51. The summed E-state index contributed by atoms with van der Waals surface area (Å²) in [6.07, 6.45) is -4.50. The van der Waals surface area contributed by atoms with Gasteiger partial charge in [-0.05, 0) is 17.7 Å². The zero-order valence-electron chi connectivity index (χ0n) is 9.95. The molecule has 0 saturated heterocycles. The summed E-state index contributed by atoms with van der Waals surface area (Å²) >= 11 is 5.58. The van der Waals surface area contributed by atoms with Crippen molar-refractivity contribution in [2.24, 2.45) is 0 Å². The Balaban J connectivity index is 2.85. The van der Waals surface area contributed by atoms with Crippen molar-refractivity contribution in [3.05, 3.63) is 35.4 Å². The molecule has 0 heterocycles. The van der Waals surface area contributed by atoms with Crippen molar-refractivity contribution >= 4 is 17.5 Å². The van der Waals surface area contributed by atoms with Crippen molar-refractivity contribution in [1.29, 1.82) is 0 Å². The number of nitrogens with zero attached hydrogens (tertiary/aromatic N) is 1. The molecule has 1 aromatic rings. The van der Waals surface area contributed by atoms with Crippen LogP contribution in [-0.4, -0.2) is 41.8 Å². The van der Waals surface area contributed by atoms with Crippen LogP contribution in [0.25, 0.3) is 0 Å². The summed E-state index contributed by atoms with van der Waals surface area (Å²) in [6, 6.07) is 5.98. The molecule has 7 heteroatoms. The van der Waals surface area contributed by atoms with E-state index in [0.717, 1.165) is 5.56 Å². The topological polar surface area (TPSA) is 40.5 Å². The number of aliphatic hydroxyl groups is 1. The van der Waals surface area contributed by atoms with Gasteiger partial charge >= 0.3 is 6.18 Å². The van der Waals surface area contributed by atoms with Crippen LogP contribution in [0.2, 0.25) is 0 Å². The third kappa shape index (κ3) is 5.08. The average Bonchev–Trinajstić information content (AvgIpc) is 2.36. The Morgan fingerprint density at radius 3 is 2.26 bits per heavy atom. The minimum Gasteiger partial charge on any atom is -0.395 e. The third-order valence-corrected chi connectivity index (χ3v) is 2.69. The van der Waals surface area contributed by atoms with Gasteiger partial charge < -0.3 is 10.0 Å². The maximum Gasteiger partial charge on any atom is 0.406 e. The predicted molar refractivity (Wildman–Crippen MR) is 65.0 cm³/mol. The third-order valence-electron chi connectivity index (χ3n) is 2.38. The fourth-order valence-corrected chi connectivity index (χ4v) is 1.69. The Hall–Kier alpha value is -1.27. The molecule has 106 valence electrons. The molecular formula is C12H13ClF3NO2. The summed E-state index contributed by atoms with van der Waals surface area (Å²) in [5.74, 6) is -0.510. The highest BCUT2D eigenvalue weighted by atomic mass is 35.5. The molecule has 3 nitrogen and oxygen atoms in total. The van der Waals surface area contributed by atoms with E-state index in [2.05, 4.69) is 0 Å². The van der Waals surface area contributed by atoms with Crippen molar-refractivity contribution in [3.63, 3.8) is 0 Å². The molecule has 0 aliphatic heterocycles. The van der Waals surface area contributed by atoms with Crippen molar-refractivity contribution in [2.75, 3.05) is 19.7 Å². The van der Waals surface area contributed by atoms with Crippen molar-refractivity contribution in [2.45, 2.75) is 12.1 Å². The Morgan fingerprint density at radius 1 is 1.26 bits per heavy atom. The fraction of sp³-hybridized carbons (Fsp3) is 0.417. The van der Waals surface area contributed by atoms with Gasteiger partial charge in [0.2, 0.25) is 0 Å². The highest BCUT2D eigenvalue weighted by molar-refractivity contribution is 6.17. The monoisotopic (exact) mass is 295 g/mol. The SMILES string of the molecule is O=C(c1ccc(CCl)cc1)N(CCO)CC(F)(F)F. The normalized spacial score (nSPS) is 11.4. The van der Waals surface area contributed by atoms with E-state index in [1.807, 2.05) is 0 Å². The zero-order valence-corrected chi connectivity index (χ0v) is 10.7. The number of rotatable bonds is 5. The van der Waals surface area contributed by atoms with Crippen molar-refractivity contribution in [3.8, 4) is 0 Å². The first-order valence-corrected chi connectivity index (χ1v) is 6.02. The first-order valence-electron chi connectivity index (χ1n) is 5.49. The van der Waals surface area contributed by atoms with Crippen molar-refractivity contribution < 1.29 is 23.1 Å². The second kappa shape index (κ2) is 6.77. The molecule has 0 aromatic heterocycles. The average molecular weight is 296 g/mol. The van der Waals surface area contributed by atoms with Crippen LogP contribution in [0.15, 0.2) is 24.3 Å². The summed E-state index contributed by atoms with van der Waals surface area (Å²) < 4.78 is 37.0. The summed E-state index contributed by atoms with van der Waals surface area (Å²) in [4.78, 5) is 12.5. The lowest BCUT2D eigenvalue weighted by Gasteiger charge is -2.23. The summed E-state index contributed by atoms with van der Waals surface area (Å²) in [6.45, 7) is -2.28. The van der Waals surface area contributed by atoms with Gasteiger partial charge in [-0.15, -0.1) is 11.6 Å². The molecule has 0 radical (unpaired) electrons. The Bertz CT molecular complexity index is 420.